The van der Waals surface area contributed by atoms with Crippen LogP contribution in [-0.2, 0) is 9.59 Å². The number of nitrogens with zero attached hydrogens (tertiary/aromatic N) is 2. The fourth-order valence-electron chi connectivity index (χ4n) is 5.34. The minimum Gasteiger partial charge on any atom is -0.490 e. The Balaban J connectivity index is 1.24. The van der Waals surface area contributed by atoms with E-state index in [1.54, 1.807) is 0 Å². The lowest BCUT2D eigenvalue weighted by Gasteiger charge is -2.30. The molecule has 1 aromatic rings. The zero-order valence-electron chi connectivity index (χ0n) is 18.2. The molecule has 4 aliphatic rings. The van der Waals surface area contributed by atoms with E-state index in [1.807, 2.05) is 18.2 Å². The molecule has 0 aromatic heterocycles. The quantitative estimate of drug-likeness (QED) is 0.694. The Kier molecular flexibility index (Phi) is 5.67. The second-order valence-corrected chi connectivity index (χ2v) is 9.13. The van der Waals surface area contributed by atoms with Gasteiger partial charge >= 0.3 is 6.03 Å². The van der Waals surface area contributed by atoms with Crippen molar-refractivity contribution < 1.29 is 23.9 Å². The van der Waals surface area contributed by atoms with Gasteiger partial charge in [0.1, 0.15) is 5.54 Å². The molecule has 3 heterocycles. The van der Waals surface area contributed by atoms with E-state index in [9.17, 15) is 14.4 Å². The normalized spacial score (nSPS) is 25.0. The van der Waals surface area contributed by atoms with Crippen LogP contribution in [-0.4, -0.2) is 59.6 Å². The zero-order valence-corrected chi connectivity index (χ0v) is 18.2. The van der Waals surface area contributed by atoms with Crippen molar-refractivity contribution in [2.75, 3.05) is 26.3 Å². The first-order valence-electron chi connectivity index (χ1n) is 11.7. The molecular weight excluding hydrogens is 412 g/mol. The first-order chi connectivity index (χ1) is 15.6. The Hall–Kier alpha value is -2.81. The molecule has 172 valence electrons. The number of likely N-dealkylation sites (tertiary alicyclic amines) is 1. The van der Waals surface area contributed by atoms with Crippen molar-refractivity contribution in [3.63, 3.8) is 0 Å². The minimum atomic E-state index is -0.845. The van der Waals surface area contributed by atoms with Crippen molar-refractivity contribution in [1.29, 1.82) is 0 Å². The fourth-order valence-corrected chi connectivity index (χ4v) is 5.34. The van der Waals surface area contributed by atoms with E-state index in [-0.39, 0.29) is 24.4 Å². The van der Waals surface area contributed by atoms with Crippen LogP contribution in [0.1, 0.15) is 63.0 Å². The minimum absolute atomic E-state index is 0.0747. The summed E-state index contributed by atoms with van der Waals surface area (Å²) in [4.78, 5) is 40.2. The molecule has 2 N–H and O–H groups in total. The second-order valence-electron chi connectivity index (χ2n) is 9.13. The van der Waals surface area contributed by atoms with Crippen LogP contribution in [0, 0.1) is 0 Å². The molecule has 3 fully saturated rings. The predicted octanol–water partition coefficient (Wildman–Crippen LogP) is 2.27. The van der Waals surface area contributed by atoms with Crippen molar-refractivity contribution in [2.24, 2.45) is 0 Å². The highest BCUT2D eigenvalue weighted by Gasteiger charge is 2.52. The molecule has 1 saturated carbocycles. The fraction of sp³-hybridized carbons (Fsp3) is 0.609. The summed E-state index contributed by atoms with van der Waals surface area (Å²) in [5, 5.41) is 3.70. The molecule has 1 spiro atoms. The first-order valence-corrected chi connectivity index (χ1v) is 11.7. The number of urea groups is 1. The molecule has 1 aliphatic carbocycles. The van der Waals surface area contributed by atoms with Crippen molar-refractivity contribution in [1.82, 2.24) is 20.7 Å². The standard InChI is InChI=1S/C23H30N4O5/c28-20(25-27-21(29)23(24-22(27)30)9-2-1-3-10-23)15-26-11-4-6-17(26)16-7-8-18-19(14-16)32-13-5-12-31-18/h7-8,14,17H,1-6,9-13,15H2,(H,24,30)(H,25,28)/t17-/m1/s1. The lowest BCUT2D eigenvalue weighted by atomic mass is 9.82. The number of rotatable bonds is 4. The van der Waals surface area contributed by atoms with Gasteiger partial charge in [0.05, 0.1) is 19.8 Å². The maximum atomic E-state index is 12.9. The van der Waals surface area contributed by atoms with Gasteiger partial charge < -0.3 is 14.8 Å². The van der Waals surface area contributed by atoms with Crippen molar-refractivity contribution in [3.8, 4) is 11.5 Å². The van der Waals surface area contributed by atoms with E-state index < -0.39 is 11.6 Å². The van der Waals surface area contributed by atoms with Gasteiger partial charge in [0.25, 0.3) is 11.8 Å². The molecule has 0 unspecified atom stereocenters. The summed E-state index contributed by atoms with van der Waals surface area (Å²) in [6, 6.07) is 5.50. The highest BCUT2D eigenvalue weighted by Crippen LogP contribution is 2.38. The van der Waals surface area contributed by atoms with Crippen molar-refractivity contribution in [3.05, 3.63) is 23.8 Å². The molecule has 9 nitrogen and oxygen atoms in total. The number of carbonyl (C=O) groups is 3. The lowest BCUT2D eigenvalue weighted by molar-refractivity contribution is -0.140. The molecule has 0 bridgehead atoms. The van der Waals surface area contributed by atoms with Crippen molar-refractivity contribution in [2.45, 2.75) is 62.9 Å². The van der Waals surface area contributed by atoms with Gasteiger partial charge in [-0.2, -0.15) is 5.01 Å². The third-order valence-corrected chi connectivity index (χ3v) is 6.97. The van der Waals surface area contributed by atoms with Crippen LogP contribution in [0.3, 0.4) is 0 Å². The number of fused-ring (bicyclic) bond motifs is 1. The highest BCUT2D eigenvalue weighted by molar-refractivity contribution is 6.08. The SMILES string of the molecule is O=C(CN1CCC[C@@H]1c1ccc2c(c1)OCCCO2)NN1C(=O)NC2(CCCCC2)C1=O. The molecule has 9 heteroatoms. The summed E-state index contributed by atoms with van der Waals surface area (Å²) < 4.78 is 11.5. The number of carbonyl (C=O) groups excluding carboxylic acids is 3. The van der Waals surface area contributed by atoms with Crippen LogP contribution < -0.4 is 20.2 Å². The molecule has 5 rings (SSSR count). The van der Waals surface area contributed by atoms with Crippen LogP contribution in [0.2, 0.25) is 0 Å². The van der Waals surface area contributed by atoms with E-state index in [1.165, 1.54) is 0 Å². The highest BCUT2D eigenvalue weighted by atomic mass is 16.5. The monoisotopic (exact) mass is 442 g/mol. The third-order valence-electron chi connectivity index (χ3n) is 6.97. The molecule has 4 amide bonds. The number of hydrazine groups is 1. The van der Waals surface area contributed by atoms with E-state index in [0.29, 0.717) is 26.1 Å². The molecule has 1 aromatic carbocycles. The summed E-state index contributed by atoms with van der Waals surface area (Å²) >= 11 is 0. The van der Waals surface area contributed by atoms with Gasteiger partial charge in [0, 0.05) is 12.5 Å². The van der Waals surface area contributed by atoms with Gasteiger partial charge in [-0.05, 0) is 49.9 Å². The van der Waals surface area contributed by atoms with E-state index in [0.717, 1.165) is 67.1 Å². The Morgan fingerprint density at radius 2 is 1.84 bits per heavy atom. The predicted molar refractivity (Wildman–Crippen MR) is 115 cm³/mol. The second kappa shape index (κ2) is 8.61. The van der Waals surface area contributed by atoms with Crippen LogP contribution in [0.5, 0.6) is 11.5 Å². The molecule has 2 saturated heterocycles. The number of amides is 4. The average Bonchev–Trinajstić information content (AvgIpc) is 3.22. The smallest absolute Gasteiger partial charge is 0.344 e. The summed E-state index contributed by atoms with van der Waals surface area (Å²) in [5.41, 5.74) is 2.79. The largest absolute Gasteiger partial charge is 0.490 e. The maximum absolute atomic E-state index is 12.9. The van der Waals surface area contributed by atoms with Gasteiger partial charge in [0.2, 0.25) is 0 Å². The number of hydrogen-bond acceptors (Lipinski definition) is 6. The van der Waals surface area contributed by atoms with Crippen LogP contribution >= 0.6 is 0 Å². The summed E-state index contributed by atoms with van der Waals surface area (Å²) in [5.74, 6) is 0.802. The summed E-state index contributed by atoms with van der Waals surface area (Å²) in [6.45, 7) is 2.16. The van der Waals surface area contributed by atoms with Crippen molar-refractivity contribution >= 4 is 17.8 Å². The van der Waals surface area contributed by atoms with Crippen LogP contribution in [0.4, 0.5) is 4.79 Å². The first kappa shape index (κ1) is 21.1. The maximum Gasteiger partial charge on any atom is 0.344 e. The van der Waals surface area contributed by atoms with E-state index in [4.69, 9.17) is 9.47 Å². The molecular formula is C23H30N4O5. The average molecular weight is 443 g/mol. The number of nitrogens with one attached hydrogen (secondary N) is 2. The molecule has 0 radical (unpaired) electrons. The number of ether oxygens (including phenoxy) is 2. The molecule has 1 atom stereocenters. The van der Waals surface area contributed by atoms with Gasteiger partial charge in [-0.3, -0.25) is 19.9 Å². The number of benzene rings is 1. The van der Waals surface area contributed by atoms with Gasteiger partial charge in [-0.15, -0.1) is 0 Å². The Morgan fingerprint density at radius 1 is 1.06 bits per heavy atom. The van der Waals surface area contributed by atoms with Gasteiger partial charge in [-0.25, -0.2) is 4.79 Å². The van der Waals surface area contributed by atoms with E-state index >= 15 is 0 Å². The molecule has 3 aliphatic heterocycles. The molecule has 32 heavy (non-hydrogen) atoms. The summed E-state index contributed by atoms with van der Waals surface area (Å²) in [6.07, 6.45) is 6.87. The zero-order chi connectivity index (χ0) is 22.1. The third kappa shape index (κ3) is 3.90. The van der Waals surface area contributed by atoms with Crippen LogP contribution in [0.15, 0.2) is 18.2 Å². The summed E-state index contributed by atoms with van der Waals surface area (Å²) in [7, 11) is 0. The number of imide groups is 1. The lowest BCUT2D eigenvalue weighted by Crippen LogP contribution is -2.52. The van der Waals surface area contributed by atoms with Gasteiger partial charge in [-0.1, -0.05) is 25.3 Å². The van der Waals surface area contributed by atoms with E-state index in [2.05, 4.69) is 15.6 Å². The van der Waals surface area contributed by atoms with Crippen LogP contribution in [0.25, 0.3) is 0 Å². The topological polar surface area (TPSA) is 100 Å². The Morgan fingerprint density at radius 3 is 2.66 bits per heavy atom. The Bertz CT molecular complexity index is 914. The number of hydrogen-bond donors (Lipinski definition) is 2. The Labute approximate surface area is 187 Å². The van der Waals surface area contributed by atoms with Gasteiger partial charge in [0.15, 0.2) is 11.5 Å².